The van der Waals surface area contributed by atoms with Crippen molar-refractivity contribution in [3.05, 3.63) is 128 Å². The van der Waals surface area contributed by atoms with Crippen molar-refractivity contribution in [2.75, 3.05) is 12.4 Å². The van der Waals surface area contributed by atoms with E-state index >= 15 is 0 Å². The molecule has 3 heterocycles. The Morgan fingerprint density at radius 1 is 0.978 bits per heavy atom. The molecule has 2 aromatic heterocycles. The van der Waals surface area contributed by atoms with Gasteiger partial charge >= 0.3 is 0 Å². The molecule has 13 heteroatoms. The van der Waals surface area contributed by atoms with Crippen LogP contribution < -0.4 is 16.2 Å². The van der Waals surface area contributed by atoms with Gasteiger partial charge in [0.1, 0.15) is 12.7 Å². The fourth-order valence-electron chi connectivity index (χ4n) is 5.32. The van der Waals surface area contributed by atoms with E-state index in [1.807, 2.05) is 31.2 Å². The van der Waals surface area contributed by atoms with E-state index in [-0.39, 0.29) is 35.0 Å². The zero-order valence-corrected chi connectivity index (χ0v) is 25.9. The summed E-state index contributed by atoms with van der Waals surface area (Å²) in [6.45, 7) is 2.37. The number of anilines is 1. The average Bonchev–Trinajstić information content (AvgIpc) is 3.60. The van der Waals surface area contributed by atoms with E-state index < -0.39 is 0 Å². The van der Waals surface area contributed by atoms with Gasteiger partial charge in [0.15, 0.2) is 0 Å². The van der Waals surface area contributed by atoms with Crippen molar-refractivity contribution in [3.8, 4) is 11.4 Å². The van der Waals surface area contributed by atoms with Gasteiger partial charge in [0, 0.05) is 36.3 Å². The van der Waals surface area contributed by atoms with Crippen LogP contribution in [0.25, 0.3) is 11.4 Å². The van der Waals surface area contributed by atoms with Gasteiger partial charge in [-0.1, -0.05) is 35.3 Å². The lowest BCUT2D eigenvalue weighted by atomic mass is 9.98. The van der Waals surface area contributed by atoms with Crippen molar-refractivity contribution in [2.45, 2.75) is 32.5 Å². The number of fused-ring (bicyclic) bond motifs is 1. The summed E-state index contributed by atoms with van der Waals surface area (Å²) in [5.74, 6) is -0.167. The molecule has 0 spiro atoms. The molecule has 3 aromatic carbocycles. The summed E-state index contributed by atoms with van der Waals surface area (Å²) in [5.41, 5.74) is 3.93. The van der Waals surface area contributed by atoms with E-state index in [0.29, 0.717) is 52.0 Å². The van der Waals surface area contributed by atoms with Crippen LogP contribution in [0.5, 0.6) is 0 Å². The van der Waals surface area contributed by atoms with Crippen LogP contribution in [0.2, 0.25) is 10.0 Å². The first kappa shape index (κ1) is 30.0. The molecule has 2 N–H and O–H groups in total. The summed E-state index contributed by atoms with van der Waals surface area (Å²) in [6, 6.07) is 19.0. The van der Waals surface area contributed by atoms with E-state index in [9.17, 15) is 14.4 Å². The van der Waals surface area contributed by atoms with Gasteiger partial charge in [-0.05, 0) is 73.5 Å². The van der Waals surface area contributed by atoms with E-state index in [0.717, 1.165) is 11.3 Å². The molecule has 1 aliphatic rings. The van der Waals surface area contributed by atoms with Crippen molar-refractivity contribution >= 4 is 41.0 Å². The van der Waals surface area contributed by atoms with E-state index in [2.05, 4.69) is 20.7 Å². The molecule has 2 amide bonds. The van der Waals surface area contributed by atoms with Crippen LogP contribution in [0.4, 0.5) is 5.95 Å². The van der Waals surface area contributed by atoms with E-state index in [1.54, 1.807) is 65.4 Å². The zero-order chi connectivity index (χ0) is 31.7. The number of rotatable bonds is 7. The molecule has 11 nitrogen and oxygen atoms in total. The maximum absolute atomic E-state index is 14.2. The molecule has 5 aromatic rings. The SMILES string of the molecule is CNC(=O)c1ccc(-n2c(NCc3cccc(-n4cncn4)c3)nc3c(c2=O)C[C@@H](C)N(C(=O)c2ccc(Cl)c(Cl)c2)C3)cc1. The summed E-state index contributed by atoms with van der Waals surface area (Å²) >= 11 is 12.3. The van der Waals surface area contributed by atoms with Crippen molar-refractivity contribution < 1.29 is 9.59 Å². The number of nitrogens with one attached hydrogen (secondary N) is 2. The molecule has 45 heavy (non-hydrogen) atoms. The lowest BCUT2D eigenvalue weighted by molar-refractivity contribution is 0.0653. The molecular weight excluding hydrogens is 615 g/mol. The Morgan fingerprint density at radius 3 is 2.47 bits per heavy atom. The third-order valence-corrected chi connectivity index (χ3v) is 8.44. The summed E-state index contributed by atoms with van der Waals surface area (Å²) in [7, 11) is 1.56. The van der Waals surface area contributed by atoms with Gasteiger partial charge in [0.2, 0.25) is 5.95 Å². The lowest BCUT2D eigenvalue weighted by Gasteiger charge is -2.34. The minimum absolute atomic E-state index is 0.137. The molecule has 0 saturated carbocycles. The van der Waals surface area contributed by atoms with Gasteiger partial charge in [0.25, 0.3) is 17.4 Å². The fraction of sp³-hybridized carbons (Fsp3) is 0.188. The number of hydrogen-bond donors (Lipinski definition) is 2. The average molecular weight is 644 g/mol. The highest BCUT2D eigenvalue weighted by atomic mass is 35.5. The van der Waals surface area contributed by atoms with Crippen molar-refractivity contribution in [2.24, 2.45) is 0 Å². The first-order valence-electron chi connectivity index (χ1n) is 14.1. The third-order valence-electron chi connectivity index (χ3n) is 7.70. The summed E-state index contributed by atoms with van der Waals surface area (Å²) in [6.07, 6.45) is 3.39. The number of amides is 2. The largest absolute Gasteiger partial charge is 0.355 e. The normalized spacial score (nSPS) is 14.1. The Kier molecular flexibility index (Phi) is 8.38. The van der Waals surface area contributed by atoms with Gasteiger partial charge in [0.05, 0.1) is 33.7 Å². The molecular formula is C32H28Cl2N8O3. The second-order valence-corrected chi connectivity index (χ2v) is 11.4. The first-order chi connectivity index (χ1) is 21.7. The van der Waals surface area contributed by atoms with E-state index in [1.165, 1.54) is 10.9 Å². The number of halogens is 2. The highest BCUT2D eigenvalue weighted by Crippen LogP contribution is 2.28. The molecule has 0 bridgehead atoms. The highest BCUT2D eigenvalue weighted by Gasteiger charge is 2.32. The number of nitrogens with zero attached hydrogens (tertiary/aromatic N) is 6. The van der Waals surface area contributed by atoms with Crippen LogP contribution in [0, 0.1) is 0 Å². The number of carbonyl (C=O) groups excluding carboxylic acids is 2. The minimum Gasteiger partial charge on any atom is -0.355 e. The molecule has 1 aliphatic heterocycles. The predicted octanol–water partition coefficient (Wildman–Crippen LogP) is 4.68. The van der Waals surface area contributed by atoms with Crippen molar-refractivity contribution in [1.29, 1.82) is 0 Å². The summed E-state index contributed by atoms with van der Waals surface area (Å²) in [4.78, 5) is 50.5. The second-order valence-electron chi connectivity index (χ2n) is 10.6. The third kappa shape index (κ3) is 6.04. The van der Waals surface area contributed by atoms with Gasteiger partial charge in [-0.25, -0.2) is 19.2 Å². The molecule has 0 fully saturated rings. The summed E-state index contributed by atoms with van der Waals surface area (Å²) < 4.78 is 3.17. The van der Waals surface area contributed by atoms with Gasteiger partial charge in [-0.15, -0.1) is 0 Å². The van der Waals surface area contributed by atoms with Crippen LogP contribution in [-0.4, -0.2) is 54.1 Å². The molecule has 6 rings (SSSR count). The predicted molar refractivity (Wildman–Crippen MR) is 171 cm³/mol. The smallest absolute Gasteiger partial charge is 0.263 e. The molecule has 0 aliphatic carbocycles. The quantitative estimate of drug-likeness (QED) is 0.264. The lowest BCUT2D eigenvalue weighted by Crippen LogP contribution is -2.46. The molecule has 0 radical (unpaired) electrons. The Hall–Kier alpha value is -5.00. The van der Waals surface area contributed by atoms with Crippen molar-refractivity contribution in [3.63, 3.8) is 0 Å². The minimum atomic E-state index is -0.281. The first-order valence-corrected chi connectivity index (χ1v) is 14.9. The van der Waals surface area contributed by atoms with Gasteiger partial charge in [-0.3, -0.25) is 14.4 Å². The van der Waals surface area contributed by atoms with Gasteiger partial charge < -0.3 is 15.5 Å². The van der Waals surface area contributed by atoms with Crippen LogP contribution in [0.1, 0.15) is 44.5 Å². The van der Waals surface area contributed by atoms with Gasteiger partial charge in [-0.2, -0.15) is 5.10 Å². The molecule has 228 valence electrons. The highest BCUT2D eigenvalue weighted by molar-refractivity contribution is 6.42. The Balaban J connectivity index is 1.38. The van der Waals surface area contributed by atoms with Crippen LogP contribution in [-0.2, 0) is 19.5 Å². The number of hydrogen-bond acceptors (Lipinski definition) is 7. The van der Waals surface area contributed by atoms with Crippen LogP contribution >= 0.6 is 23.2 Å². The summed E-state index contributed by atoms with van der Waals surface area (Å²) in [5, 5.41) is 10.8. The van der Waals surface area contributed by atoms with Crippen molar-refractivity contribution in [1.82, 2.24) is 34.5 Å². The second kappa shape index (κ2) is 12.5. The Morgan fingerprint density at radius 2 is 1.76 bits per heavy atom. The standard InChI is InChI=1S/C32H28Cl2N8O3/c1-19-12-25-28(16-40(19)30(44)22-8-11-26(33)27(34)14-22)39-32(37-15-20-4-3-5-24(13-20)41-18-36-17-38-41)42(31(25)45)23-9-6-21(7-10-23)29(43)35-2/h3-11,13-14,17-19H,12,15-16H2,1-2H3,(H,35,43)(H,37,39)/t19-/m1/s1. The molecule has 1 atom stereocenters. The fourth-order valence-corrected chi connectivity index (χ4v) is 5.62. The number of aromatic nitrogens is 5. The Labute approximate surface area is 268 Å². The van der Waals surface area contributed by atoms with Crippen LogP contribution in [0.3, 0.4) is 0 Å². The number of benzene rings is 3. The van der Waals surface area contributed by atoms with Crippen LogP contribution in [0.15, 0.2) is 84.2 Å². The maximum atomic E-state index is 14.2. The molecule has 0 saturated heterocycles. The monoisotopic (exact) mass is 642 g/mol. The Bertz CT molecular complexity index is 1960. The number of carbonyl (C=O) groups is 2. The zero-order valence-electron chi connectivity index (χ0n) is 24.4. The maximum Gasteiger partial charge on any atom is 0.263 e. The molecule has 0 unspecified atom stereocenters. The topological polar surface area (TPSA) is 127 Å². The van der Waals surface area contributed by atoms with E-state index in [4.69, 9.17) is 28.2 Å².